The van der Waals surface area contributed by atoms with E-state index in [4.69, 9.17) is 0 Å². The number of amides is 1. The number of likely N-dealkylation sites (N-methyl/N-ethyl adjacent to an activating group) is 1. The third kappa shape index (κ3) is 3.16. The van der Waals surface area contributed by atoms with Gasteiger partial charge in [0.15, 0.2) is 0 Å². The van der Waals surface area contributed by atoms with Crippen LogP contribution in [0.25, 0.3) is 0 Å². The number of hydrogen-bond acceptors (Lipinski definition) is 4. The molecule has 1 atom stereocenters. The van der Waals surface area contributed by atoms with E-state index in [0.717, 1.165) is 19.2 Å². The van der Waals surface area contributed by atoms with E-state index in [-0.39, 0.29) is 17.2 Å². The Kier molecular flexibility index (Phi) is 4.09. The summed E-state index contributed by atoms with van der Waals surface area (Å²) in [7, 11) is 1.76. The van der Waals surface area contributed by atoms with Gasteiger partial charge in [0.25, 0.3) is 11.5 Å². The Balaban J connectivity index is 1.95. The number of carbonyl (C=O) groups excluding carboxylic acids is 1. The maximum Gasteiger partial charge on any atom is 0.273 e. The van der Waals surface area contributed by atoms with E-state index in [0.29, 0.717) is 12.6 Å². The number of piperidine rings is 1. The first-order valence-electron chi connectivity index (χ1n) is 6.20. The summed E-state index contributed by atoms with van der Waals surface area (Å²) in [6, 6.07) is 0.357. The number of aromatic amines is 1. The van der Waals surface area contributed by atoms with Gasteiger partial charge in [-0.1, -0.05) is 6.42 Å². The first kappa shape index (κ1) is 12.8. The van der Waals surface area contributed by atoms with Crippen molar-refractivity contribution in [2.75, 3.05) is 20.1 Å². The summed E-state index contributed by atoms with van der Waals surface area (Å²) in [6.45, 7) is 1.68. The van der Waals surface area contributed by atoms with E-state index in [9.17, 15) is 9.59 Å². The molecule has 2 N–H and O–H groups in total. The molecule has 18 heavy (non-hydrogen) atoms. The van der Waals surface area contributed by atoms with E-state index in [2.05, 4.69) is 15.3 Å². The standard InChI is InChI=1S/C12H18N4O2/c1-16(8-9-4-2-3-5-13-9)12(18)10-6-15-11(17)7-14-10/h6-7,9,13H,2-5,8H2,1H3,(H,15,17). The fraction of sp³-hybridized carbons (Fsp3) is 0.583. The van der Waals surface area contributed by atoms with Gasteiger partial charge >= 0.3 is 0 Å². The lowest BCUT2D eigenvalue weighted by Crippen LogP contribution is -2.44. The number of carbonyl (C=O) groups is 1. The van der Waals surface area contributed by atoms with Gasteiger partial charge in [0, 0.05) is 25.8 Å². The Hall–Kier alpha value is -1.69. The topological polar surface area (TPSA) is 78.1 Å². The molecule has 0 saturated carbocycles. The van der Waals surface area contributed by atoms with Crippen LogP contribution in [-0.2, 0) is 0 Å². The van der Waals surface area contributed by atoms with Crippen LogP contribution in [0.3, 0.4) is 0 Å². The molecule has 1 unspecified atom stereocenters. The highest BCUT2D eigenvalue weighted by Gasteiger charge is 2.19. The van der Waals surface area contributed by atoms with Crippen molar-refractivity contribution in [3.05, 3.63) is 28.4 Å². The summed E-state index contributed by atoms with van der Waals surface area (Å²) < 4.78 is 0. The maximum absolute atomic E-state index is 12.0. The number of nitrogens with one attached hydrogen (secondary N) is 2. The maximum atomic E-state index is 12.0. The Morgan fingerprint density at radius 1 is 1.56 bits per heavy atom. The summed E-state index contributed by atoms with van der Waals surface area (Å²) in [5, 5.41) is 3.39. The van der Waals surface area contributed by atoms with Crippen molar-refractivity contribution in [2.45, 2.75) is 25.3 Å². The van der Waals surface area contributed by atoms with Gasteiger partial charge in [0.05, 0.1) is 6.20 Å². The predicted octanol–water partition coefficient (Wildman–Crippen LogP) is -0.0160. The lowest BCUT2D eigenvalue weighted by atomic mass is 10.0. The molecule has 1 amide bonds. The second-order valence-electron chi connectivity index (χ2n) is 4.63. The van der Waals surface area contributed by atoms with Gasteiger partial charge in [-0.15, -0.1) is 0 Å². The molecule has 2 rings (SSSR count). The minimum Gasteiger partial charge on any atom is -0.339 e. The molecule has 0 aromatic carbocycles. The predicted molar refractivity (Wildman–Crippen MR) is 67.5 cm³/mol. The third-order valence-electron chi connectivity index (χ3n) is 3.14. The molecule has 2 heterocycles. The normalized spacial score (nSPS) is 19.5. The number of rotatable bonds is 3. The van der Waals surface area contributed by atoms with Crippen LogP contribution in [-0.4, -0.2) is 47.0 Å². The second-order valence-corrected chi connectivity index (χ2v) is 4.63. The van der Waals surface area contributed by atoms with Gasteiger partial charge in [0.2, 0.25) is 0 Å². The highest BCUT2D eigenvalue weighted by Crippen LogP contribution is 2.08. The molecule has 1 saturated heterocycles. The molecule has 1 aliphatic heterocycles. The van der Waals surface area contributed by atoms with Crippen LogP contribution in [0.2, 0.25) is 0 Å². The number of aromatic nitrogens is 2. The van der Waals surface area contributed by atoms with Gasteiger partial charge in [-0.25, -0.2) is 4.98 Å². The van der Waals surface area contributed by atoms with Crippen LogP contribution in [0.5, 0.6) is 0 Å². The molecule has 0 radical (unpaired) electrons. The molecule has 0 spiro atoms. The largest absolute Gasteiger partial charge is 0.339 e. The van der Waals surface area contributed by atoms with Crippen molar-refractivity contribution in [1.82, 2.24) is 20.2 Å². The van der Waals surface area contributed by atoms with Gasteiger partial charge in [-0.3, -0.25) is 9.59 Å². The molecule has 98 valence electrons. The lowest BCUT2D eigenvalue weighted by Gasteiger charge is -2.28. The smallest absolute Gasteiger partial charge is 0.273 e. The van der Waals surface area contributed by atoms with Crippen LogP contribution in [0.15, 0.2) is 17.2 Å². The molecule has 0 aliphatic carbocycles. The van der Waals surface area contributed by atoms with Crippen molar-refractivity contribution in [1.29, 1.82) is 0 Å². The zero-order valence-electron chi connectivity index (χ0n) is 10.5. The summed E-state index contributed by atoms with van der Waals surface area (Å²) in [5.74, 6) is -0.168. The summed E-state index contributed by atoms with van der Waals surface area (Å²) in [4.78, 5) is 30.9. The zero-order chi connectivity index (χ0) is 13.0. The average molecular weight is 250 g/mol. The van der Waals surface area contributed by atoms with Crippen LogP contribution < -0.4 is 10.9 Å². The van der Waals surface area contributed by atoms with Crippen LogP contribution in [0.4, 0.5) is 0 Å². The molecule has 6 nitrogen and oxygen atoms in total. The third-order valence-corrected chi connectivity index (χ3v) is 3.14. The highest BCUT2D eigenvalue weighted by atomic mass is 16.2. The molecular formula is C12H18N4O2. The minimum absolute atomic E-state index is 0.168. The molecule has 0 bridgehead atoms. The molecule has 1 aromatic rings. The molecular weight excluding hydrogens is 232 g/mol. The zero-order valence-corrected chi connectivity index (χ0v) is 10.5. The van der Waals surface area contributed by atoms with Crippen molar-refractivity contribution >= 4 is 5.91 Å². The quantitative estimate of drug-likeness (QED) is 0.790. The second kappa shape index (κ2) is 5.77. The van der Waals surface area contributed by atoms with E-state index in [1.54, 1.807) is 11.9 Å². The Morgan fingerprint density at radius 3 is 3.00 bits per heavy atom. The number of nitrogens with zero attached hydrogens (tertiary/aromatic N) is 2. The fourth-order valence-electron chi connectivity index (χ4n) is 2.15. The van der Waals surface area contributed by atoms with Gasteiger partial charge in [-0.2, -0.15) is 0 Å². The van der Waals surface area contributed by atoms with Gasteiger partial charge < -0.3 is 15.2 Å². The Morgan fingerprint density at radius 2 is 2.39 bits per heavy atom. The molecule has 1 aliphatic rings. The Labute approximate surface area is 105 Å². The molecule has 1 aromatic heterocycles. The highest BCUT2D eigenvalue weighted by molar-refractivity contribution is 5.91. The molecule has 1 fully saturated rings. The summed E-state index contributed by atoms with van der Waals surface area (Å²) in [5.41, 5.74) is -0.0314. The summed E-state index contributed by atoms with van der Waals surface area (Å²) in [6.07, 6.45) is 5.98. The van der Waals surface area contributed by atoms with Crippen LogP contribution >= 0.6 is 0 Å². The van der Waals surface area contributed by atoms with E-state index >= 15 is 0 Å². The minimum atomic E-state index is -0.303. The van der Waals surface area contributed by atoms with E-state index < -0.39 is 0 Å². The van der Waals surface area contributed by atoms with Gasteiger partial charge in [-0.05, 0) is 19.4 Å². The monoisotopic (exact) mass is 250 g/mol. The number of hydrogen-bond donors (Lipinski definition) is 2. The fourth-order valence-corrected chi connectivity index (χ4v) is 2.15. The first-order chi connectivity index (χ1) is 8.66. The van der Waals surface area contributed by atoms with E-state index in [1.165, 1.54) is 19.0 Å². The molecule has 6 heteroatoms. The van der Waals surface area contributed by atoms with Crippen LogP contribution in [0, 0.1) is 0 Å². The van der Waals surface area contributed by atoms with Crippen molar-refractivity contribution in [2.24, 2.45) is 0 Å². The summed E-state index contributed by atoms with van der Waals surface area (Å²) >= 11 is 0. The first-order valence-corrected chi connectivity index (χ1v) is 6.20. The van der Waals surface area contributed by atoms with Crippen molar-refractivity contribution < 1.29 is 4.79 Å². The Bertz CT molecular complexity index is 445. The SMILES string of the molecule is CN(CC1CCCCN1)C(=O)c1c[nH]c(=O)cn1. The van der Waals surface area contributed by atoms with E-state index in [1.807, 2.05) is 0 Å². The average Bonchev–Trinajstić information content (AvgIpc) is 2.40. The lowest BCUT2D eigenvalue weighted by molar-refractivity contribution is 0.0769. The van der Waals surface area contributed by atoms with Gasteiger partial charge in [0.1, 0.15) is 5.69 Å². The van der Waals surface area contributed by atoms with Crippen molar-refractivity contribution in [3.8, 4) is 0 Å². The number of H-pyrrole nitrogens is 1. The van der Waals surface area contributed by atoms with Crippen molar-refractivity contribution in [3.63, 3.8) is 0 Å². The van der Waals surface area contributed by atoms with Crippen LogP contribution in [0.1, 0.15) is 29.8 Å².